The number of ether oxygens (including phenoxy) is 1. The van der Waals surface area contributed by atoms with Gasteiger partial charge in [-0.3, -0.25) is 4.79 Å². The molecule has 1 aliphatic heterocycles. The van der Waals surface area contributed by atoms with Crippen LogP contribution in [0.4, 0.5) is 5.69 Å². The highest BCUT2D eigenvalue weighted by atomic mass is 16.5. The molecule has 1 heterocycles. The second kappa shape index (κ2) is 9.57. The number of carbonyl (C=O) groups excluding carboxylic acids is 1. The first-order valence-corrected chi connectivity index (χ1v) is 9.45. The molecule has 6 heteroatoms. The molecule has 0 radical (unpaired) electrons. The maximum absolute atomic E-state index is 12.5. The average molecular weight is 362 g/mol. The Hall–Kier alpha value is -2.08. The first kappa shape index (κ1) is 20.2. The van der Waals surface area contributed by atoms with Crippen LogP contribution >= 0.6 is 0 Å². The highest BCUT2D eigenvalue weighted by molar-refractivity contribution is 5.98. The zero-order valence-corrected chi connectivity index (χ0v) is 15.8. The lowest BCUT2D eigenvalue weighted by molar-refractivity contribution is -0.144. The molecule has 1 fully saturated rings. The van der Waals surface area contributed by atoms with Crippen molar-refractivity contribution in [1.82, 2.24) is 5.32 Å². The summed E-state index contributed by atoms with van der Waals surface area (Å²) >= 11 is 0. The van der Waals surface area contributed by atoms with Crippen molar-refractivity contribution in [2.45, 2.75) is 51.5 Å². The van der Waals surface area contributed by atoms with Crippen LogP contribution in [0.1, 0.15) is 56.3 Å². The first-order chi connectivity index (χ1) is 12.5. The molecular formula is C20H30N2O4. The van der Waals surface area contributed by atoms with Crippen molar-refractivity contribution in [3.8, 4) is 0 Å². The standard InChI is InChI=1S/C20H30N2O4/c1-3-4-5-6-11-20(2,19(24)25)21-18(23)16-7-9-17(10-8-16)22-12-14-26-15-13-22/h7-10H,3-6,11-15H2,1-2H3,(H,21,23)(H,24,25)/t20-/m1/s1. The highest BCUT2D eigenvalue weighted by Gasteiger charge is 2.34. The average Bonchev–Trinajstić information content (AvgIpc) is 2.66. The number of rotatable bonds is 9. The maximum Gasteiger partial charge on any atom is 0.329 e. The van der Waals surface area contributed by atoms with E-state index in [0.717, 1.165) is 44.5 Å². The molecule has 1 aromatic rings. The van der Waals surface area contributed by atoms with Gasteiger partial charge >= 0.3 is 5.97 Å². The summed E-state index contributed by atoms with van der Waals surface area (Å²) in [6.45, 7) is 6.77. The van der Waals surface area contributed by atoms with Crippen molar-refractivity contribution < 1.29 is 19.4 Å². The number of hydrogen-bond acceptors (Lipinski definition) is 4. The first-order valence-electron chi connectivity index (χ1n) is 9.45. The van der Waals surface area contributed by atoms with Crippen molar-refractivity contribution in [1.29, 1.82) is 0 Å². The summed E-state index contributed by atoms with van der Waals surface area (Å²) in [6, 6.07) is 7.30. The maximum atomic E-state index is 12.5. The fourth-order valence-corrected chi connectivity index (χ4v) is 3.10. The van der Waals surface area contributed by atoms with Crippen LogP contribution in [0, 0.1) is 0 Å². The highest BCUT2D eigenvalue weighted by Crippen LogP contribution is 2.19. The molecule has 0 unspecified atom stereocenters. The minimum absolute atomic E-state index is 0.348. The van der Waals surface area contributed by atoms with E-state index in [1.807, 2.05) is 12.1 Å². The third-order valence-corrected chi connectivity index (χ3v) is 4.90. The van der Waals surface area contributed by atoms with E-state index in [1.165, 1.54) is 0 Å². The molecule has 1 amide bonds. The normalized spacial score (nSPS) is 16.8. The number of nitrogens with one attached hydrogen (secondary N) is 1. The summed E-state index contributed by atoms with van der Waals surface area (Å²) in [6.07, 6.45) is 4.36. The van der Waals surface area contributed by atoms with Gasteiger partial charge in [-0.05, 0) is 37.6 Å². The third kappa shape index (κ3) is 5.46. The molecule has 2 N–H and O–H groups in total. The lowest BCUT2D eigenvalue weighted by atomic mass is 9.93. The summed E-state index contributed by atoms with van der Waals surface area (Å²) in [7, 11) is 0. The number of nitrogens with zero attached hydrogens (tertiary/aromatic N) is 1. The fraction of sp³-hybridized carbons (Fsp3) is 0.600. The quantitative estimate of drug-likeness (QED) is 0.660. The molecule has 144 valence electrons. The van der Waals surface area contributed by atoms with Crippen molar-refractivity contribution >= 4 is 17.6 Å². The molecule has 0 bridgehead atoms. The predicted octanol–water partition coefficient (Wildman–Crippen LogP) is 3.07. The van der Waals surface area contributed by atoms with Crippen LogP contribution in [0.2, 0.25) is 0 Å². The van der Waals surface area contributed by atoms with Crippen LogP contribution in [0.25, 0.3) is 0 Å². The molecule has 2 rings (SSSR count). The zero-order chi connectivity index (χ0) is 19.0. The molecular weight excluding hydrogens is 332 g/mol. The van der Waals surface area contributed by atoms with Gasteiger partial charge in [0.2, 0.25) is 0 Å². The second-order valence-electron chi connectivity index (χ2n) is 7.05. The zero-order valence-electron chi connectivity index (χ0n) is 15.8. The van der Waals surface area contributed by atoms with E-state index in [1.54, 1.807) is 19.1 Å². The number of aliphatic carboxylic acids is 1. The van der Waals surface area contributed by atoms with Gasteiger partial charge in [0, 0.05) is 24.3 Å². The van der Waals surface area contributed by atoms with Gasteiger partial charge < -0.3 is 20.1 Å². The van der Waals surface area contributed by atoms with Crippen molar-refractivity contribution in [2.24, 2.45) is 0 Å². The van der Waals surface area contributed by atoms with Gasteiger partial charge in [-0.25, -0.2) is 4.79 Å². The van der Waals surface area contributed by atoms with E-state index in [0.29, 0.717) is 25.2 Å². The van der Waals surface area contributed by atoms with Crippen LogP contribution in [0.3, 0.4) is 0 Å². The van der Waals surface area contributed by atoms with Crippen LogP contribution in [-0.4, -0.2) is 48.8 Å². The predicted molar refractivity (Wildman–Crippen MR) is 102 cm³/mol. The summed E-state index contributed by atoms with van der Waals surface area (Å²) in [5.74, 6) is -1.34. The third-order valence-electron chi connectivity index (χ3n) is 4.90. The molecule has 26 heavy (non-hydrogen) atoms. The SMILES string of the molecule is CCCCCC[C@@](C)(NC(=O)c1ccc(N2CCOCC2)cc1)C(=O)O. The number of benzene rings is 1. The van der Waals surface area contributed by atoms with E-state index in [2.05, 4.69) is 17.1 Å². The van der Waals surface area contributed by atoms with E-state index in [9.17, 15) is 14.7 Å². The number of carboxylic acids is 1. The van der Waals surface area contributed by atoms with Crippen molar-refractivity contribution in [3.63, 3.8) is 0 Å². The summed E-state index contributed by atoms with van der Waals surface area (Å²) in [5, 5.41) is 12.3. The Labute approximate surface area is 155 Å². The second-order valence-corrected chi connectivity index (χ2v) is 7.05. The van der Waals surface area contributed by atoms with Crippen LogP contribution in [-0.2, 0) is 9.53 Å². The molecule has 0 spiro atoms. The van der Waals surface area contributed by atoms with Gasteiger partial charge in [-0.2, -0.15) is 0 Å². The van der Waals surface area contributed by atoms with Crippen LogP contribution in [0.5, 0.6) is 0 Å². The van der Waals surface area contributed by atoms with Gasteiger partial charge in [0.25, 0.3) is 5.91 Å². The minimum atomic E-state index is -1.24. The van der Waals surface area contributed by atoms with Crippen molar-refractivity contribution in [2.75, 3.05) is 31.2 Å². The number of unbranched alkanes of at least 4 members (excludes halogenated alkanes) is 3. The lowest BCUT2D eigenvalue weighted by Crippen LogP contribution is -2.52. The molecule has 1 saturated heterocycles. The fourth-order valence-electron chi connectivity index (χ4n) is 3.10. The Morgan fingerprint density at radius 1 is 1.15 bits per heavy atom. The number of amides is 1. The number of anilines is 1. The topological polar surface area (TPSA) is 78.9 Å². The summed E-state index contributed by atoms with van der Waals surface area (Å²) in [4.78, 5) is 26.4. The van der Waals surface area contributed by atoms with Crippen LogP contribution < -0.4 is 10.2 Å². The number of carboxylic acid groups (broad SMARTS) is 1. The van der Waals surface area contributed by atoms with Gasteiger partial charge in [-0.15, -0.1) is 0 Å². The molecule has 0 saturated carbocycles. The molecule has 1 atom stereocenters. The number of carbonyl (C=O) groups is 2. The van der Waals surface area contributed by atoms with Gasteiger partial charge in [-0.1, -0.05) is 32.6 Å². The molecule has 0 aliphatic carbocycles. The largest absolute Gasteiger partial charge is 0.480 e. The van der Waals surface area contributed by atoms with E-state index in [4.69, 9.17) is 4.74 Å². The van der Waals surface area contributed by atoms with E-state index >= 15 is 0 Å². The Morgan fingerprint density at radius 2 is 1.81 bits per heavy atom. The monoisotopic (exact) mass is 362 g/mol. The van der Waals surface area contributed by atoms with Gasteiger partial charge in [0.05, 0.1) is 13.2 Å². The lowest BCUT2D eigenvalue weighted by Gasteiger charge is -2.29. The molecule has 0 aromatic heterocycles. The van der Waals surface area contributed by atoms with Crippen molar-refractivity contribution in [3.05, 3.63) is 29.8 Å². The minimum Gasteiger partial charge on any atom is -0.480 e. The van der Waals surface area contributed by atoms with Gasteiger partial charge in [0.1, 0.15) is 5.54 Å². The Balaban J connectivity index is 1.98. The molecule has 1 aliphatic rings. The number of morpholine rings is 1. The van der Waals surface area contributed by atoms with E-state index < -0.39 is 11.5 Å². The molecule has 6 nitrogen and oxygen atoms in total. The summed E-state index contributed by atoms with van der Waals surface area (Å²) < 4.78 is 5.35. The van der Waals surface area contributed by atoms with Crippen LogP contribution in [0.15, 0.2) is 24.3 Å². The van der Waals surface area contributed by atoms with E-state index in [-0.39, 0.29) is 5.91 Å². The Morgan fingerprint density at radius 3 is 2.38 bits per heavy atom. The smallest absolute Gasteiger partial charge is 0.329 e. The molecule has 1 aromatic carbocycles. The van der Waals surface area contributed by atoms with Gasteiger partial charge in [0.15, 0.2) is 0 Å². The summed E-state index contributed by atoms with van der Waals surface area (Å²) in [5.41, 5.74) is 0.279. The Bertz CT molecular complexity index is 596. The number of hydrogen-bond donors (Lipinski definition) is 2. The Kier molecular flexibility index (Phi) is 7.45.